The second-order valence-corrected chi connectivity index (χ2v) is 3.77. The molecule has 0 aliphatic rings. The predicted octanol–water partition coefficient (Wildman–Crippen LogP) is 0.879. The highest BCUT2D eigenvalue weighted by Gasteiger charge is 1.91. The third kappa shape index (κ3) is 43.2. The van der Waals surface area contributed by atoms with E-state index >= 15 is 0 Å². The number of aliphatic carboxylic acids is 3. The molecule has 0 fully saturated rings. The van der Waals surface area contributed by atoms with Gasteiger partial charge in [0.1, 0.15) is 0 Å². The second kappa shape index (κ2) is 18.6. The van der Waals surface area contributed by atoms with Crippen LogP contribution in [0.3, 0.4) is 0 Å². The van der Waals surface area contributed by atoms with Crippen LogP contribution in [0.1, 0.15) is 20.8 Å². The fraction of sp³-hybridized carbons (Fsp3) is 0.357. The van der Waals surface area contributed by atoms with Crippen LogP contribution in [0.5, 0.6) is 0 Å². The largest absolute Gasteiger partial charge is 0.478 e. The average Bonchev–Trinajstić information content (AvgIpc) is 2.39. The predicted molar refractivity (Wildman–Crippen MR) is 83.5 cm³/mol. The maximum Gasteiger partial charge on any atom is 0.330 e. The van der Waals surface area contributed by atoms with Gasteiger partial charge in [0.25, 0.3) is 0 Å². The van der Waals surface area contributed by atoms with Crippen LogP contribution in [-0.2, 0) is 14.4 Å². The number of rotatable bonds is 4. The van der Waals surface area contributed by atoms with Crippen LogP contribution in [0, 0.1) is 0 Å². The minimum Gasteiger partial charge on any atom is -0.478 e. The number of carbonyl (C=O) groups is 3. The first-order valence-corrected chi connectivity index (χ1v) is 5.82. The summed E-state index contributed by atoms with van der Waals surface area (Å²) in [4.78, 5) is 28.8. The molecular weight excluding hydrogens is 294 g/mol. The monoisotopic (exact) mass is 319 g/mol. The van der Waals surface area contributed by atoms with Crippen LogP contribution in [0.25, 0.3) is 0 Å². The first-order chi connectivity index (χ1) is 9.84. The minimum atomic E-state index is -0.935. The maximum absolute atomic E-state index is 9.60. The van der Waals surface area contributed by atoms with Gasteiger partial charge in [0, 0.05) is 23.3 Å². The van der Waals surface area contributed by atoms with Crippen molar-refractivity contribution in [3.63, 3.8) is 0 Å². The van der Waals surface area contributed by atoms with Crippen molar-refractivity contribution in [2.45, 2.75) is 20.8 Å². The smallest absolute Gasteiger partial charge is 0.330 e. The first kappa shape index (κ1) is 27.8. The Morgan fingerprint density at radius 2 is 0.864 bits per heavy atom. The fourth-order valence-corrected chi connectivity index (χ4v) is 0. The molecule has 0 radical (unpaired) electrons. The van der Waals surface area contributed by atoms with Gasteiger partial charge in [-0.15, -0.1) is 0 Å². The van der Waals surface area contributed by atoms with Crippen molar-refractivity contribution in [1.29, 1.82) is 0 Å². The molecule has 8 nitrogen and oxygen atoms in total. The number of carboxylic acids is 3. The van der Waals surface area contributed by atoms with Gasteiger partial charge in [-0.2, -0.15) is 0 Å². The van der Waals surface area contributed by atoms with E-state index in [0.29, 0.717) is 6.54 Å². The Labute approximate surface area is 129 Å². The molecule has 0 rings (SSSR count). The van der Waals surface area contributed by atoms with Crippen molar-refractivity contribution < 1.29 is 34.8 Å². The highest BCUT2D eigenvalue weighted by atomic mass is 16.4. The van der Waals surface area contributed by atoms with Crippen LogP contribution in [0.15, 0.2) is 36.5 Å². The van der Waals surface area contributed by atoms with Crippen LogP contribution in [0.2, 0.25) is 0 Å². The molecule has 0 saturated heterocycles. The summed E-state index contributed by atoms with van der Waals surface area (Å²) in [6.45, 7) is 14.3. The number of nitrogens with two attached hydrogens (primary N) is 1. The zero-order chi connectivity index (χ0) is 18.9. The molecule has 0 unspecified atom stereocenters. The molecule has 0 aromatic rings. The summed E-state index contributed by atoms with van der Waals surface area (Å²) in [5, 5.41) is 31.4. The molecule has 0 aromatic heterocycles. The summed E-state index contributed by atoms with van der Waals surface area (Å²) in [7, 11) is 0. The zero-order valence-corrected chi connectivity index (χ0v) is 13.1. The lowest BCUT2D eigenvalue weighted by molar-refractivity contribution is -0.133. The number of carboxylic acid groups (broad SMARTS) is 3. The standard InChI is InChI=1S/3C4H6O2.C2H7NO/c3*1-3(2)4(5)6;3-1-2-4/h3*1H2,2H3,(H,5,6);4H,1-3H2. The summed E-state index contributed by atoms with van der Waals surface area (Å²) in [6, 6.07) is 0. The molecule has 128 valence electrons. The number of hydrogen-bond acceptors (Lipinski definition) is 5. The van der Waals surface area contributed by atoms with Crippen LogP contribution >= 0.6 is 0 Å². The summed E-state index contributed by atoms with van der Waals surface area (Å²) in [5.74, 6) is -2.81. The van der Waals surface area contributed by atoms with Gasteiger partial charge >= 0.3 is 17.9 Å². The van der Waals surface area contributed by atoms with Gasteiger partial charge in [0.05, 0.1) is 6.61 Å². The van der Waals surface area contributed by atoms with E-state index in [1.807, 2.05) is 0 Å². The SMILES string of the molecule is C=C(C)C(=O)O.C=C(C)C(=O)O.C=C(C)C(=O)O.NCCO. The molecule has 0 spiro atoms. The van der Waals surface area contributed by atoms with E-state index in [0.717, 1.165) is 0 Å². The Balaban J connectivity index is -0.0000000994. The van der Waals surface area contributed by atoms with Gasteiger partial charge in [0.2, 0.25) is 0 Å². The van der Waals surface area contributed by atoms with Crippen molar-refractivity contribution in [3.05, 3.63) is 36.5 Å². The summed E-state index contributed by atoms with van der Waals surface area (Å²) in [6.07, 6.45) is 0. The normalized spacial score (nSPS) is 7.50. The lowest BCUT2D eigenvalue weighted by atomic mass is 10.4. The van der Waals surface area contributed by atoms with Gasteiger partial charge < -0.3 is 26.2 Å². The Morgan fingerprint density at radius 3 is 0.864 bits per heavy atom. The molecule has 0 saturated carbocycles. The minimum absolute atomic E-state index is 0.0972. The average molecular weight is 319 g/mol. The van der Waals surface area contributed by atoms with Crippen molar-refractivity contribution in [3.8, 4) is 0 Å². The summed E-state index contributed by atoms with van der Waals surface area (Å²) < 4.78 is 0. The van der Waals surface area contributed by atoms with Crippen molar-refractivity contribution >= 4 is 17.9 Å². The zero-order valence-electron chi connectivity index (χ0n) is 13.1. The van der Waals surface area contributed by atoms with Crippen LogP contribution in [-0.4, -0.2) is 51.5 Å². The van der Waals surface area contributed by atoms with E-state index in [1.165, 1.54) is 20.8 Å². The second-order valence-electron chi connectivity index (χ2n) is 3.77. The Morgan fingerprint density at radius 1 is 0.773 bits per heavy atom. The van der Waals surface area contributed by atoms with Crippen LogP contribution in [0.4, 0.5) is 0 Å². The maximum atomic E-state index is 9.60. The number of hydrogen-bond donors (Lipinski definition) is 5. The van der Waals surface area contributed by atoms with Gasteiger partial charge in [0.15, 0.2) is 0 Å². The molecule has 0 amide bonds. The molecule has 6 N–H and O–H groups in total. The number of aliphatic hydroxyl groups excluding tert-OH is 1. The van der Waals surface area contributed by atoms with Gasteiger partial charge in [-0.05, 0) is 20.8 Å². The third-order valence-corrected chi connectivity index (χ3v) is 1.22. The summed E-state index contributed by atoms with van der Waals surface area (Å²) >= 11 is 0. The van der Waals surface area contributed by atoms with Crippen molar-refractivity contribution in [2.24, 2.45) is 5.73 Å². The lowest BCUT2D eigenvalue weighted by Gasteiger charge is -1.79. The van der Waals surface area contributed by atoms with E-state index in [-0.39, 0.29) is 23.3 Å². The molecule has 0 aliphatic heterocycles. The Kier molecular flexibility index (Phi) is 23.5. The molecular formula is C14H25NO7. The highest BCUT2D eigenvalue weighted by molar-refractivity contribution is 5.85. The molecule has 0 aromatic carbocycles. The number of aliphatic hydroxyl groups is 1. The first-order valence-electron chi connectivity index (χ1n) is 5.82. The molecule has 8 heteroatoms. The van der Waals surface area contributed by atoms with E-state index < -0.39 is 17.9 Å². The lowest BCUT2D eigenvalue weighted by Crippen LogP contribution is -2.02. The topological polar surface area (TPSA) is 158 Å². The quantitative estimate of drug-likeness (QED) is 0.477. The van der Waals surface area contributed by atoms with E-state index in [2.05, 4.69) is 19.7 Å². The van der Waals surface area contributed by atoms with E-state index in [1.54, 1.807) is 0 Å². The fourth-order valence-electron chi connectivity index (χ4n) is 0. The molecule has 0 bridgehead atoms. The van der Waals surface area contributed by atoms with E-state index in [4.69, 9.17) is 26.2 Å². The van der Waals surface area contributed by atoms with Gasteiger partial charge in [-0.3, -0.25) is 0 Å². The molecule has 0 heterocycles. The Bertz CT molecular complexity index is 305. The van der Waals surface area contributed by atoms with Gasteiger partial charge in [-0.25, -0.2) is 14.4 Å². The van der Waals surface area contributed by atoms with Crippen molar-refractivity contribution in [1.82, 2.24) is 0 Å². The summed E-state index contributed by atoms with van der Waals surface area (Å²) in [5.41, 5.74) is 5.31. The Hall–Kier alpha value is -2.45. The van der Waals surface area contributed by atoms with Crippen molar-refractivity contribution in [2.75, 3.05) is 13.2 Å². The van der Waals surface area contributed by atoms with E-state index in [9.17, 15) is 14.4 Å². The molecule has 0 atom stereocenters. The van der Waals surface area contributed by atoms with Gasteiger partial charge in [-0.1, -0.05) is 19.7 Å². The highest BCUT2D eigenvalue weighted by Crippen LogP contribution is 1.82. The third-order valence-electron chi connectivity index (χ3n) is 1.22. The van der Waals surface area contributed by atoms with Crippen LogP contribution < -0.4 is 5.73 Å². The molecule has 22 heavy (non-hydrogen) atoms. The molecule has 0 aliphatic carbocycles.